The second-order valence-electron chi connectivity index (χ2n) is 5.17. The van der Waals surface area contributed by atoms with Crippen LogP contribution in [0.25, 0.3) is 0 Å². The molecule has 4 heteroatoms. The summed E-state index contributed by atoms with van der Waals surface area (Å²) < 4.78 is 0. The van der Waals surface area contributed by atoms with Crippen molar-refractivity contribution in [3.63, 3.8) is 0 Å². The maximum atomic E-state index is 9.85. The molecular weight excluding hydrogens is 286 g/mol. The molecule has 0 heterocycles. The van der Waals surface area contributed by atoms with E-state index in [0.29, 0.717) is 18.7 Å². The summed E-state index contributed by atoms with van der Waals surface area (Å²) in [6, 6.07) is 17.4. The number of hydrogen-bond donors (Lipinski definition) is 4. The number of hydrogen-bond acceptors (Lipinski definition) is 3. The first kappa shape index (κ1) is 16.4. The smallest absolute Gasteiger partial charge is 0.122 e. The Morgan fingerprint density at radius 3 is 2.39 bits per heavy atom. The minimum absolute atomic E-state index is 0.0726. The molecule has 0 aromatic heterocycles. The largest absolute Gasteiger partial charge is 0.512 e. The molecule has 2 aromatic carbocycles. The molecule has 0 saturated heterocycles. The SMILES string of the molecule is N=C(N)c1ccc(CN/C=C/C=C(O)Cc2ccccc2)cc1. The van der Waals surface area contributed by atoms with E-state index >= 15 is 0 Å². The lowest BCUT2D eigenvalue weighted by Gasteiger charge is -2.03. The van der Waals surface area contributed by atoms with Gasteiger partial charge in [0.15, 0.2) is 0 Å². The van der Waals surface area contributed by atoms with Crippen molar-refractivity contribution in [2.24, 2.45) is 5.73 Å². The van der Waals surface area contributed by atoms with Crippen LogP contribution in [0.3, 0.4) is 0 Å². The fourth-order valence-corrected chi connectivity index (χ4v) is 2.07. The monoisotopic (exact) mass is 307 g/mol. The first-order valence-corrected chi connectivity index (χ1v) is 7.40. The van der Waals surface area contributed by atoms with Gasteiger partial charge in [-0.3, -0.25) is 5.41 Å². The van der Waals surface area contributed by atoms with Gasteiger partial charge in [-0.25, -0.2) is 0 Å². The van der Waals surface area contributed by atoms with Gasteiger partial charge >= 0.3 is 0 Å². The Morgan fingerprint density at radius 2 is 1.74 bits per heavy atom. The van der Waals surface area contributed by atoms with Crippen molar-refractivity contribution in [1.29, 1.82) is 5.41 Å². The van der Waals surface area contributed by atoms with Crippen LogP contribution in [0, 0.1) is 5.41 Å². The van der Waals surface area contributed by atoms with Gasteiger partial charge in [-0.05, 0) is 29.5 Å². The molecule has 23 heavy (non-hydrogen) atoms. The lowest BCUT2D eigenvalue weighted by molar-refractivity contribution is 0.399. The van der Waals surface area contributed by atoms with E-state index in [1.54, 1.807) is 18.4 Å². The molecule has 0 bridgehead atoms. The van der Waals surface area contributed by atoms with Crippen molar-refractivity contribution >= 4 is 5.84 Å². The number of allylic oxidation sites excluding steroid dienone is 3. The van der Waals surface area contributed by atoms with Crippen LogP contribution in [0.15, 0.2) is 78.7 Å². The van der Waals surface area contributed by atoms with Crippen LogP contribution < -0.4 is 11.1 Å². The van der Waals surface area contributed by atoms with Gasteiger partial charge in [0.25, 0.3) is 0 Å². The standard InChI is InChI=1S/C19H21N3O/c20-19(21)17-10-8-16(9-11-17)14-22-12-4-7-18(23)13-15-5-2-1-3-6-15/h1-12,22-23H,13-14H2,(H3,20,21)/b12-4+,18-7?. The van der Waals surface area contributed by atoms with E-state index in [4.69, 9.17) is 11.1 Å². The highest BCUT2D eigenvalue weighted by atomic mass is 16.3. The molecule has 0 radical (unpaired) electrons. The zero-order valence-electron chi connectivity index (χ0n) is 12.9. The van der Waals surface area contributed by atoms with Crippen molar-refractivity contribution in [3.8, 4) is 0 Å². The summed E-state index contributed by atoms with van der Waals surface area (Å²) in [7, 11) is 0. The number of aliphatic hydroxyl groups is 1. The molecule has 4 nitrogen and oxygen atoms in total. The van der Waals surface area contributed by atoms with Crippen LogP contribution in [-0.4, -0.2) is 10.9 Å². The van der Waals surface area contributed by atoms with Crippen LogP contribution >= 0.6 is 0 Å². The Morgan fingerprint density at radius 1 is 1.04 bits per heavy atom. The zero-order valence-corrected chi connectivity index (χ0v) is 12.9. The van der Waals surface area contributed by atoms with Crippen LogP contribution in [-0.2, 0) is 13.0 Å². The van der Waals surface area contributed by atoms with Crippen LogP contribution in [0.2, 0.25) is 0 Å². The van der Waals surface area contributed by atoms with E-state index in [9.17, 15) is 5.11 Å². The molecule has 0 aliphatic heterocycles. The van der Waals surface area contributed by atoms with Crippen LogP contribution in [0.5, 0.6) is 0 Å². The van der Waals surface area contributed by atoms with Crippen LogP contribution in [0.1, 0.15) is 16.7 Å². The summed E-state index contributed by atoms with van der Waals surface area (Å²) in [6.45, 7) is 0.669. The highest BCUT2D eigenvalue weighted by Crippen LogP contribution is 2.05. The summed E-state index contributed by atoms with van der Waals surface area (Å²) in [5, 5.41) is 20.3. The third-order valence-electron chi connectivity index (χ3n) is 3.30. The van der Waals surface area contributed by atoms with Crippen molar-refractivity contribution in [2.45, 2.75) is 13.0 Å². The van der Waals surface area contributed by atoms with Gasteiger partial charge < -0.3 is 16.2 Å². The second-order valence-corrected chi connectivity index (χ2v) is 5.17. The van der Waals surface area contributed by atoms with Gasteiger partial charge in [0.1, 0.15) is 5.84 Å². The predicted molar refractivity (Wildman–Crippen MR) is 94.3 cm³/mol. The zero-order chi connectivity index (χ0) is 16.5. The molecule has 0 saturated carbocycles. The summed E-state index contributed by atoms with van der Waals surface area (Å²) in [6.07, 6.45) is 5.78. The molecule has 118 valence electrons. The quantitative estimate of drug-likeness (QED) is 0.274. The number of nitrogen functional groups attached to an aromatic ring is 1. The lowest BCUT2D eigenvalue weighted by Crippen LogP contribution is -2.11. The van der Waals surface area contributed by atoms with Crippen LogP contribution in [0.4, 0.5) is 0 Å². The van der Waals surface area contributed by atoms with E-state index in [-0.39, 0.29) is 5.84 Å². The molecule has 2 rings (SSSR count). The number of rotatable bonds is 7. The normalized spacial score (nSPS) is 11.6. The van der Waals surface area contributed by atoms with E-state index in [1.165, 1.54) is 0 Å². The highest BCUT2D eigenvalue weighted by Gasteiger charge is 1.96. The third-order valence-corrected chi connectivity index (χ3v) is 3.30. The molecule has 2 aromatic rings. The molecule has 0 aliphatic rings. The fraction of sp³-hybridized carbons (Fsp3) is 0.105. The van der Waals surface area contributed by atoms with Gasteiger partial charge in [0.2, 0.25) is 0 Å². The summed E-state index contributed by atoms with van der Waals surface area (Å²) in [5.41, 5.74) is 8.31. The second kappa shape index (κ2) is 8.44. The molecule has 0 amide bonds. The van der Waals surface area contributed by atoms with E-state index in [1.807, 2.05) is 54.6 Å². The highest BCUT2D eigenvalue weighted by molar-refractivity contribution is 5.94. The molecule has 0 unspecified atom stereocenters. The number of aliphatic hydroxyl groups excluding tert-OH is 1. The van der Waals surface area contributed by atoms with Crippen molar-refractivity contribution in [1.82, 2.24) is 5.32 Å². The minimum Gasteiger partial charge on any atom is -0.512 e. The molecular formula is C19H21N3O. The van der Waals surface area contributed by atoms with Gasteiger partial charge in [0.05, 0.1) is 5.76 Å². The topological polar surface area (TPSA) is 82.1 Å². The van der Waals surface area contributed by atoms with Crippen molar-refractivity contribution < 1.29 is 5.11 Å². The van der Waals surface area contributed by atoms with Gasteiger partial charge in [-0.1, -0.05) is 54.6 Å². The number of benzene rings is 2. The first-order valence-electron chi connectivity index (χ1n) is 7.40. The fourth-order valence-electron chi connectivity index (χ4n) is 2.07. The number of amidine groups is 1. The molecule has 0 atom stereocenters. The maximum absolute atomic E-state index is 9.85. The van der Waals surface area contributed by atoms with E-state index < -0.39 is 0 Å². The Labute approximate surface area is 136 Å². The average molecular weight is 307 g/mol. The summed E-state index contributed by atoms with van der Waals surface area (Å²) in [5.74, 6) is 0.392. The molecule has 0 spiro atoms. The Balaban J connectivity index is 1.78. The minimum atomic E-state index is 0.0726. The lowest BCUT2D eigenvalue weighted by atomic mass is 10.1. The van der Waals surface area contributed by atoms with Crippen molar-refractivity contribution in [3.05, 3.63) is 95.4 Å². The maximum Gasteiger partial charge on any atom is 0.122 e. The molecule has 0 fully saturated rings. The third kappa shape index (κ3) is 5.71. The first-order chi connectivity index (χ1) is 11.1. The number of nitrogens with one attached hydrogen (secondary N) is 2. The Hall–Kier alpha value is -3.01. The van der Waals surface area contributed by atoms with Gasteiger partial charge in [-0.15, -0.1) is 0 Å². The molecule has 5 N–H and O–H groups in total. The summed E-state index contributed by atoms with van der Waals surface area (Å²) in [4.78, 5) is 0. The predicted octanol–water partition coefficient (Wildman–Crippen LogP) is 3.26. The van der Waals surface area contributed by atoms with E-state index in [0.717, 1.165) is 16.7 Å². The summed E-state index contributed by atoms with van der Waals surface area (Å²) >= 11 is 0. The van der Waals surface area contributed by atoms with Gasteiger partial charge in [-0.2, -0.15) is 0 Å². The Kier molecular flexibility index (Phi) is 6.00. The average Bonchev–Trinajstić information content (AvgIpc) is 2.56. The Bertz CT molecular complexity index is 688. The molecule has 0 aliphatic carbocycles. The van der Waals surface area contributed by atoms with Crippen molar-refractivity contribution in [2.75, 3.05) is 0 Å². The van der Waals surface area contributed by atoms with E-state index in [2.05, 4.69) is 5.32 Å². The number of nitrogens with two attached hydrogens (primary N) is 1. The van der Waals surface area contributed by atoms with Gasteiger partial charge in [0, 0.05) is 18.5 Å².